The maximum Gasteiger partial charge on any atom is 0.191 e. The second kappa shape index (κ2) is 9.05. The van der Waals surface area contributed by atoms with Crippen molar-refractivity contribution in [1.82, 2.24) is 15.6 Å². The summed E-state index contributed by atoms with van der Waals surface area (Å²) in [5.74, 6) is 1.85. The summed E-state index contributed by atoms with van der Waals surface area (Å²) < 4.78 is 0. The molecule has 1 saturated carbocycles. The van der Waals surface area contributed by atoms with E-state index in [-0.39, 0.29) is 24.0 Å². The van der Waals surface area contributed by atoms with Gasteiger partial charge in [0.25, 0.3) is 0 Å². The average molecular weight is 424 g/mol. The molecule has 23 heavy (non-hydrogen) atoms. The predicted octanol–water partition coefficient (Wildman–Crippen LogP) is 3.71. The Morgan fingerprint density at radius 1 is 1.22 bits per heavy atom. The van der Waals surface area contributed by atoms with Gasteiger partial charge in [-0.2, -0.15) is 0 Å². The standard InChI is InChI=1S/C18H24N4.HI/c1-2-19-18(21-11-9-14-7-8-14)22-13-15-10-12-20-17-6-4-3-5-16(15)17;/h3-6,10,12,14H,2,7-9,11,13H2,1H3,(H2,19,21,22);1H. The van der Waals surface area contributed by atoms with E-state index in [1.807, 2.05) is 18.3 Å². The van der Waals surface area contributed by atoms with Gasteiger partial charge in [-0.3, -0.25) is 4.98 Å². The first-order chi connectivity index (χ1) is 10.9. The number of para-hydroxylation sites is 1. The number of benzene rings is 1. The van der Waals surface area contributed by atoms with Crippen LogP contribution in [-0.4, -0.2) is 24.0 Å². The lowest BCUT2D eigenvalue weighted by Crippen LogP contribution is -2.37. The number of guanidine groups is 1. The van der Waals surface area contributed by atoms with E-state index in [2.05, 4.69) is 40.7 Å². The molecule has 1 aromatic heterocycles. The molecule has 0 radical (unpaired) electrons. The van der Waals surface area contributed by atoms with Gasteiger partial charge in [0.05, 0.1) is 12.1 Å². The molecule has 2 aromatic rings. The van der Waals surface area contributed by atoms with Gasteiger partial charge in [0.15, 0.2) is 5.96 Å². The first-order valence-corrected chi connectivity index (χ1v) is 8.21. The fourth-order valence-corrected chi connectivity index (χ4v) is 2.60. The van der Waals surface area contributed by atoms with Gasteiger partial charge in [-0.25, -0.2) is 4.99 Å². The Labute approximate surface area is 155 Å². The summed E-state index contributed by atoms with van der Waals surface area (Å²) in [5.41, 5.74) is 2.24. The van der Waals surface area contributed by atoms with Crippen LogP contribution < -0.4 is 10.6 Å². The maximum absolute atomic E-state index is 4.72. The number of rotatable bonds is 6. The molecule has 0 unspecified atom stereocenters. The van der Waals surface area contributed by atoms with Gasteiger partial charge < -0.3 is 10.6 Å². The lowest BCUT2D eigenvalue weighted by Gasteiger charge is -2.11. The SMILES string of the molecule is CCNC(=NCc1ccnc2ccccc12)NCCC1CC1.I. The molecule has 1 aliphatic rings. The Balaban J connectivity index is 0.00000192. The van der Waals surface area contributed by atoms with Gasteiger partial charge >= 0.3 is 0 Å². The van der Waals surface area contributed by atoms with Crippen molar-refractivity contribution in [2.45, 2.75) is 32.7 Å². The number of aliphatic imine (C=N–C) groups is 1. The first kappa shape index (κ1) is 18.0. The lowest BCUT2D eigenvalue weighted by molar-refractivity contribution is 0.685. The molecule has 0 amide bonds. The smallest absolute Gasteiger partial charge is 0.191 e. The summed E-state index contributed by atoms with van der Waals surface area (Å²) in [6, 6.07) is 10.3. The quantitative estimate of drug-likeness (QED) is 0.422. The van der Waals surface area contributed by atoms with Crippen molar-refractivity contribution in [3.05, 3.63) is 42.1 Å². The van der Waals surface area contributed by atoms with Crippen LogP contribution in [0.15, 0.2) is 41.5 Å². The number of halogens is 1. The van der Waals surface area contributed by atoms with Gasteiger partial charge in [0.1, 0.15) is 0 Å². The maximum atomic E-state index is 4.72. The number of nitrogens with one attached hydrogen (secondary N) is 2. The summed E-state index contributed by atoms with van der Waals surface area (Å²) in [4.78, 5) is 9.12. The highest BCUT2D eigenvalue weighted by Gasteiger charge is 2.20. The third kappa shape index (κ3) is 5.34. The van der Waals surface area contributed by atoms with Crippen molar-refractivity contribution in [1.29, 1.82) is 0 Å². The number of fused-ring (bicyclic) bond motifs is 1. The molecule has 0 bridgehead atoms. The monoisotopic (exact) mass is 424 g/mol. The molecule has 1 aromatic carbocycles. The molecule has 3 rings (SSSR count). The van der Waals surface area contributed by atoms with E-state index in [0.717, 1.165) is 30.5 Å². The summed E-state index contributed by atoms with van der Waals surface area (Å²) in [5, 5.41) is 7.93. The molecule has 2 N–H and O–H groups in total. The molecule has 1 fully saturated rings. The highest BCUT2D eigenvalue weighted by Crippen LogP contribution is 2.31. The molecule has 0 spiro atoms. The van der Waals surface area contributed by atoms with Crippen molar-refractivity contribution in [2.75, 3.05) is 13.1 Å². The number of nitrogens with zero attached hydrogens (tertiary/aromatic N) is 2. The van der Waals surface area contributed by atoms with Crippen molar-refractivity contribution in [3.8, 4) is 0 Å². The normalized spacial score (nSPS) is 14.4. The number of aromatic nitrogens is 1. The van der Waals surface area contributed by atoms with Gasteiger partial charge in [0.2, 0.25) is 0 Å². The third-order valence-electron chi connectivity index (χ3n) is 4.03. The molecular weight excluding hydrogens is 399 g/mol. The van der Waals surface area contributed by atoms with Crippen LogP contribution in [0.3, 0.4) is 0 Å². The Kier molecular flexibility index (Phi) is 7.08. The fourth-order valence-electron chi connectivity index (χ4n) is 2.60. The molecular formula is C18H25IN4. The Morgan fingerprint density at radius 2 is 2.04 bits per heavy atom. The van der Waals surface area contributed by atoms with E-state index in [1.165, 1.54) is 30.2 Å². The number of hydrogen-bond donors (Lipinski definition) is 2. The van der Waals surface area contributed by atoms with E-state index in [0.29, 0.717) is 6.54 Å². The minimum Gasteiger partial charge on any atom is -0.357 e. The Bertz CT molecular complexity index is 647. The van der Waals surface area contributed by atoms with Crippen LogP contribution in [0.2, 0.25) is 0 Å². The van der Waals surface area contributed by atoms with Crippen molar-refractivity contribution in [3.63, 3.8) is 0 Å². The van der Waals surface area contributed by atoms with Crippen LogP contribution in [0.5, 0.6) is 0 Å². The largest absolute Gasteiger partial charge is 0.357 e. The average Bonchev–Trinajstić information content (AvgIpc) is 3.37. The molecule has 0 saturated heterocycles. The molecule has 0 atom stereocenters. The van der Waals surface area contributed by atoms with Crippen molar-refractivity contribution < 1.29 is 0 Å². The third-order valence-corrected chi connectivity index (χ3v) is 4.03. The molecule has 5 heteroatoms. The van der Waals surface area contributed by atoms with E-state index >= 15 is 0 Å². The van der Waals surface area contributed by atoms with Gasteiger partial charge in [-0.05, 0) is 37.0 Å². The minimum absolute atomic E-state index is 0. The van der Waals surface area contributed by atoms with Crippen LogP contribution in [0, 0.1) is 5.92 Å². The van der Waals surface area contributed by atoms with E-state index < -0.39 is 0 Å². The zero-order valence-electron chi connectivity index (χ0n) is 13.6. The van der Waals surface area contributed by atoms with Crippen LogP contribution in [-0.2, 0) is 6.54 Å². The zero-order chi connectivity index (χ0) is 15.2. The summed E-state index contributed by atoms with van der Waals surface area (Å²) in [6.07, 6.45) is 5.92. The Morgan fingerprint density at radius 3 is 2.83 bits per heavy atom. The zero-order valence-corrected chi connectivity index (χ0v) is 15.9. The van der Waals surface area contributed by atoms with E-state index in [4.69, 9.17) is 4.99 Å². The van der Waals surface area contributed by atoms with Gasteiger partial charge in [-0.1, -0.05) is 31.0 Å². The molecule has 4 nitrogen and oxygen atoms in total. The predicted molar refractivity (Wildman–Crippen MR) is 107 cm³/mol. The molecule has 0 aliphatic heterocycles. The number of hydrogen-bond acceptors (Lipinski definition) is 2. The van der Waals surface area contributed by atoms with Crippen LogP contribution in [0.1, 0.15) is 31.7 Å². The summed E-state index contributed by atoms with van der Waals surface area (Å²) in [6.45, 7) is 4.65. The fraction of sp³-hybridized carbons (Fsp3) is 0.444. The van der Waals surface area contributed by atoms with Gasteiger partial charge in [-0.15, -0.1) is 24.0 Å². The van der Waals surface area contributed by atoms with Crippen molar-refractivity contribution in [2.24, 2.45) is 10.9 Å². The van der Waals surface area contributed by atoms with Crippen LogP contribution in [0.25, 0.3) is 10.9 Å². The summed E-state index contributed by atoms with van der Waals surface area (Å²) >= 11 is 0. The topological polar surface area (TPSA) is 49.3 Å². The highest BCUT2D eigenvalue weighted by molar-refractivity contribution is 14.0. The highest BCUT2D eigenvalue weighted by atomic mass is 127. The van der Waals surface area contributed by atoms with Crippen LogP contribution in [0.4, 0.5) is 0 Å². The number of pyridine rings is 1. The molecule has 1 aliphatic carbocycles. The van der Waals surface area contributed by atoms with Crippen LogP contribution >= 0.6 is 24.0 Å². The molecule has 124 valence electrons. The first-order valence-electron chi connectivity index (χ1n) is 8.21. The summed E-state index contributed by atoms with van der Waals surface area (Å²) in [7, 11) is 0. The minimum atomic E-state index is 0. The van der Waals surface area contributed by atoms with E-state index in [9.17, 15) is 0 Å². The van der Waals surface area contributed by atoms with E-state index in [1.54, 1.807) is 0 Å². The Hall–Kier alpha value is -1.37. The van der Waals surface area contributed by atoms with Crippen molar-refractivity contribution >= 4 is 40.8 Å². The molecule has 1 heterocycles. The lowest BCUT2D eigenvalue weighted by atomic mass is 10.1. The second-order valence-electron chi connectivity index (χ2n) is 5.84. The van der Waals surface area contributed by atoms with Gasteiger partial charge in [0, 0.05) is 24.7 Å². The second-order valence-corrected chi connectivity index (χ2v) is 5.84.